The Balaban J connectivity index is 1.34. The zero-order chi connectivity index (χ0) is 24.1. The Bertz CT molecular complexity index is 1110. The number of aliphatic hydroxyl groups excluding tert-OH is 1. The van der Waals surface area contributed by atoms with Crippen LogP contribution in [0.25, 0.3) is 0 Å². The summed E-state index contributed by atoms with van der Waals surface area (Å²) >= 11 is 0. The lowest BCUT2D eigenvalue weighted by Crippen LogP contribution is -2.53. The predicted molar refractivity (Wildman–Crippen MR) is 124 cm³/mol. The number of amides is 4. The average molecular weight is 462 g/mol. The molecule has 8 heteroatoms. The van der Waals surface area contributed by atoms with Crippen LogP contribution in [-0.2, 0) is 9.59 Å². The third-order valence-corrected chi connectivity index (χ3v) is 6.35. The number of carbonyl (C=O) groups excluding carboxylic acids is 3. The predicted octanol–water partition coefficient (Wildman–Crippen LogP) is 1.46. The summed E-state index contributed by atoms with van der Waals surface area (Å²) in [5.41, 5.74) is 1.46. The van der Waals surface area contributed by atoms with Crippen LogP contribution >= 0.6 is 0 Å². The van der Waals surface area contributed by atoms with Gasteiger partial charge in [0.05, 0.1) is 6.42 Å². The van der Waals surface area contributed by atoms with Crippen molar-refractivity contribution < 1.29 is 24.6 Å². The largest absolute Gasteiger partial charge is 0.368 e. The van der Waals surface area contributed by atoms with Gasteiger partial charge in [0.25, 0.3) is 5.91 Å². The third-order valence-electron chi connectivity index (χ3n) is 6.35. The van der Waals surface area contributed by atoms with Gasteiger partial charge in [-0.15, -0.1) is 0 Å². The van der Waals surface area contributed by atoms with Crippen molar-refractivity contribution in [3.8, 4) is 11.8 Å². The lowest BCUT2D eigenvalue weighted by Gasteiger charge is -2.35. The van der Waals surface area contributed by atoms with Crippen molar-refractivity contribution in [2.75, 3.05) is 13.1 Å². The van der Waals surface area contributed by atoms with E-state index in [9.17, 15) is 24.6 Å². The first-order chi connectivity index (χ1) is 16.3. The number of likely N-dealkylation sites (tertiary alicyclic amines) is 1. The molecule has 2 aromatic carbocycles. The van der Waals surface area contributed by atoms with E-state index in [0.717, 1.165) is 24.0 Å². The molecule has 4 N–H and O–H groups in total. The molecule has 0 radical (unpaired) electrons. The first kappa shape index (κ1) is 23.5. The van der Waals surface area contributed by atoms with Gasteiger partial charge in [0.2, 0.25) is 5.91 Å². The molecule has 2 aromatic rings. The summed E-state index contributed by atoms with van der Waals surface area (Å²) in [7, 11) is 0. The Morgan fingerprint density at radius 3 is 2.18 bits per heavy atom. The first-order valence-corrected chi connectivity index (χ1v) is 11.3. The Kier molecular flexibility index (Phi) is 6.96. The summed E-state index contributed by atoms with van der Waals surface area (Å²) in [6.45, 7) is 1.04. The van der Waals surface area contributed by atoms with Crippen LogP contribution in [0, 0.1) is 11.8 Å². The molecule has 2 aliphatic heterocycles. The van der Waals surface area contributed by atoms with E-state index in [0.29, 0.717) is 19.0 Å². The van der Waals surface area contributed by atoms with Gasteiger partial charge >= 0.3 is 6.03 Å². The second-order valence-electron chi connectivity index (χ2n) is 8.74. The molecule has 0 aromatic heterocycles. The second kappa shape index (κ2) is 10.1. The van der Waals surface area contributed by atoms with Crippen molar-refractivity contribution in [1.29, 1.82) is 0 Å². The molecule has 34 heavy (non-hydrogen) atoms. The Morgan fingerprint density at radius 1 is 1.00 bits per heavy atom. The van der Waals surface area contributed by atoms with Crippen molar-refractivity contribution in [1.82, 2.24) is 15.5 Å². The summed E-state index contributed by atoms with van der Waals surface area (Å²) < 4.78 is 0. The van der Waals surface area contributed by atoms with Gasteiger partial charge in [-0.05, 0) is 48.6 Å². The SMILES string of the molecule is O=C1NC(=O)C(CC(=O)N2CCC(c3ccc(C#Cc4ccccc4)cc3)CC2)(CC(O)O)N1. The van der Waals surface area contributed by atoms with E-state index >= 15 is 0 Å². The Labute approximate surface area is 198 Å². The molecule has 0 aliphatic carbocycles. The zero-order valence-corrected chi connectivity index (χ0v) is 18.7. The van der Waals surface area contributed by atoms with E-state index in [1.807, 2.05) is 42.5 Å². The fourth-order valence-corrected chi connectivity index (χ4v) is 4.52. The second-order valence-corrected chi connectivity index (χ2v) is 8.74. The number of hydrogen-bond donors (Lipinski definition) is 4. The van der Waals surface area contributed by atoms with Crippen LogP contribution in [0.4, 0.5) is 4.79 Å². The van der Waals surface area contributed by atoms with Crippen LogP contribution in [0.1, 0.15) is 48.3 Å². The number of aliphatic hydroxyl groups is 2. The van der Waals surface area contributed by atoms with Crippen LogP contribution in [0.2, 0.25) is 0 Å². The minimum absolute atomic E-state index is 0.303. The number of benzene rings is 2. The molecule has 2 aliphatic rings. The minimum atomic E-state index is -1.83. The van der Waals surface area contributed by atoms with Gasteiger partial charge in [-0.3, -0.25) is 14.9 Å². The summed E-state index contributed by atoms with van der Waals surface area (Å²) in [6.07, 6.45) is -1.05. The van der Waals surface area contributed by atoms with Gasteiger partial charge in [0.1, 0.15) is 5.54 Å². The van der Waals surface area contributed by atoms with Crippen molar-refractivity contribution in [2.24, 2.45) is 0 Å². The molecule has 176 valence electrons. The number of imide groups is 1. The highest BCUT2D eigenvalue weighted by Gasteiger charge is 2.49. The number of piperidine rings is 1. The average Bonchev–Trinajstić information content (AvgIpc) is 3.10. The fraction of sp³-hybridized carbons (Fsp3) is 0.346. The molecule has 0 spiro atoms. The van der Waals surface area contributed by atoms with Gasteiger partial charge in [-0.1, -0.05) is 42.2 Å². The number of hydrogen-bond acceptors (Lipinski definition) is 5. The van der Waals surface area contributed by atoms with Gasteiger partial charge < -0.3 is 20.4 Å². The fourth-order valence-electron chi connectivity index (χ4n) is 4.52. The maximum Gasteiger partial charge on any atom is 0.322 e. The maximum atomic E-state index is 12.9. The zero-order valence-electron chi connectivity index (χ0n) is 18.7. The normalized spacial score (nSPS) is 20.5. The molecule has 1 unspecified atom stereocenters. The number of carbonyl (C=O) groups is 3. The van der Waals surface area contributed by atoms with E-state index < -0.39 is 30.2 Å². The molecular formula is C26H27N3O5. The molecule has 4 amide bonds. The van der Waals surface area contributed by atoms with E-state index in [2.05, 4.69) is 34.6 Å². The molecule has 4 rings (SSSR count). The van der Waals surface area contributed by atoms with E-state index in [-0.39, 0.29) is 12.3 Å². The Morgan fingerprint density at radius 2 is 1.62 bits per heavy atom. The molecule has 2 saturated heterocycles. The number of nitrogens with zero attached hydrogens (tertiary/aromatic N) is 1. The number of urea groups is 1. The topological polar surface area (TPSA) is 119 Å². The minimum Gasteiger partial charge on any atom is -0.368 e. The summed E-state index contributed by atoms with van der Waals surface area (Å²) in [5, 5.41) is 23.2. The number of nitrogens with one attached hydrogen (secondary N) is 2. The van der Waals surface area contributed by atoms with Gasteiger partial charge in [-0.25, -0.2) is 4.79 Å². The van der Waals surface area contributed by atoms with Crippen molar-refractivity contribution in [3.05, 3.63) is 71.3 Å². The van der Waals surface area contributed by atoms with Crippen LogP contribution in [0.15, 0.2) is 54.6 Å². The molecular weight excluding hydrogens is 434 g/mol. The summed E-state index contributed by atoms with van der Waals surface area (Å²) in [4.78, 5) is 38.4. The molecule has 8 nitrogen and oxygen atoms in total. The lowest BCUT2D eigenvalue weighted by molar-refractivity contribution is -0.140. The van der Waals surface area contributed by atoms with E-state index in [1.165, 1.54) is 5.56 Å². The van der Waals surface area contributed by atoms with E-state index in [1.54, 1.807) is 4.90 Å². The van der Waals surface area contributed by atoms with Crippen molar-refractivity contribution in [3.63, 3.8) is 0 Å². The summed E-state index contributed by atoms with van der Waals surface area (Å²) in [6, 6.07) is 17.2. The molecule has 2 heterocycles. The van der Waals surface area contributed by atoms with Crippen LogP contribution < -0.4 is 10.6 Å². The lowest BCUT2D eigenvalue weighted by atomic mass is 9.87. The van der Waals surface area contributed by atoms with Crippen molar-refractivity contribution >= 4 is 17.8 Å². The highest BCUT2D eigenvalue weighted by Crippen LogP contribution is 2.30. The quantitative estimate of drug-likeness (QED) is 0.305. The highest BCUT2D eigenvalue weighted by atomic mass is 16.5. The van der Waals surface area contributed by atoms with Gasteiger partial charge in [0, 0.05) is 30.6 Å². The molecule has 1 atom stereocenters. The summed E-state index contributed by atoms with van der Waals surface area (Å²) in [5.74, 6) is 5.61. The van der Waals surface area contributed by atoms with E-state index in [4.69, 9.17) is 0 Å². The van der Waals surface area contributed by atoms with Gasteiger partial charge in [0.15, 0.2) is 6.29 Å². The monoisotopic (exact) mass is 461 g/mol. The first-order valence-electron chi connectivity index (χ1n) is 11.3. The molecule has 0 bridgehead atoms. The molecule has 2 fully saturated rings. The molecule has 0 saturated carbocycles. The number of rotatable bonds is 5. The van der Waals surface area contributed by atoms with Crippen LogP contribution in [0.3, 0.4) is 0 Å². The standard InChI is InChI=1S/C26H27N3O5/c30-22(16-26(17-23(31)32)24(33)27-25(34)28-26)29-14-12-21(13-15-29)20-10-8-19(9-11-20)7-6-18-4-2-1-3-5-18/h1-5,8-11,21,23,31-32H,12-17H2,(H2,27,28,33,34). The van der Waals surface area contributed by atoms with Crippen molar-refractivity contribution in [2.45, 2.75) is 43.4 Å². The maximum absolute atomic E-state index is 12.9. The van der Waals surface area contributed by atoms with Gasteiger partial charge in [-0.2, -0.15) is 0 Å². The third kappa shape index (κ3) is 5.45. The Hall–Kier alpha value is -3.67. The van der Waals surface area contributed by atoms with Crippen LogP contribution in [0.5, 0.6) is 0 Å². The van der Waals surface area contributed by atoms with Crippen LogP contribution in [-0.4, -0.2) is 57.9 Å². The highest BCUT2D eigenvalue weighted by molar-refractivity contribution is 6.08. The smallest absolute Gasteiger partial charge is 0.322 e.